The van der Waals surface area contributed by atoms with Crippen molar-refractivity contribution in [3.05, 3.63) is 0 Å². The lowest BCUT2D eigenvalue weighted by molar-refractivity contribution is -0.135. The van der Waals surface area contributed by atoms with E-state index in [-0.39, 0.29) is 0 Å². The SMILES string of the molecule is CNC.O=C(O)C(Cl)Cl. The predicted octanol–water partition coefficient (Wildman–Crippen LogP) is 0.710. The fourth-order valence-electron chi connectivity index (χ4n) is 0. The second kappa shape index (κ2) is 8.01. The maximum absolute atomic E-state index is 9.44. The van der Waals surface area contributed by atoms with E-state index in [1.54, 1.807) is 0 Å². The van der Waals surface area contributed by atoms with Crippen LogP contribution in [0.25, 0.3) is 0 Å². The molecule has 0 bridgehead atoms. The minimum atomic E-state index is -1.29. The molecule has 0 saturated heterocycles. The average Bonchev–Trinajstić information content (AvgIpc) is 1.68. The zero-order valence-electron chi connectivity index (χ0n) is 5.19. The summed E-state index contributed by atoms with van der Waals surface area (Å²) in [6, 6.07) is 0. The first-order valence-electron chi connectivity index (χ1n) is 2.15. The average molecular weight is 174 g/mol. The van der Waals surface area contributed by atoms with E-state index in [4.69, 9.17) is 28.3 Å². The summed E-state index contributed by atoms with van der Waals surface area (Å²) in [7, 11) is 3.75. The van der Waals surface area contributed by atoms with Crippen molar-refractivity contribution < 1.29 is 9.90 Å². The van der Waals surface area contributed by atoms with Gasteiger partial charge in [-0.3, -0.25) is 0 Å². The van der Waals surface area contributed by atoms with Crippen molar-refractivity contribution in [1.82, 2.24) is 5.32 Å². The minimum Gasteiger partial charge on any atom is -0.479 e. The molecular formula is C4H9Cl2NO2. The van der Waals surface area contributed by atoms with Crippen LogP contribution in [0.15, 0.2) is 0 Å². The Morgan fingerprint density at radius 1 is 1.56 bits per heavy atom. The Bertz CT molecular complexity index is 77.0. The predicted molar refractivity (Wildman–Crippen MR) is 38.1 cm³/mol. The lowest BCUT2D eigenvalue weighted by Crippen LogP contribution is -2.03. The number of rotatable bonds is 1. The maximum Gasteiger partial charge on any atom is 0.337 e. The Morgan fingerprint density at radius 2 is 1.67 bits per heavy atom. The van der Waals surface area contributed by atoms with Gasteiger partial charge in [0.05, 0.1) is 0 Å². The minimum absolute atomic E-state index is 1.21. The molecule has 0 aromatic rings. The normalized spacial score (nSPS) is 8.11. The molecule has 0 aliphatic carbocycles. The van der Waals surface area contributed by atoms with E-state index >= 15 is 0 Å². The zero-order chi connectivity index (χ0) is 7.86. The largest absolute Gasteiger partial charge is 0.479 e. The highest BCUT2D eigenvalue weighted by molar-refractivity contribution is 6.52. The Labute approximate surface area is 64.0 Å². The van der Waals surface area contributed by atoms with Crippen molar-refractivity contribution in [3.8, 4) is 0 Å². The van der Waals surface area contributed by atoms with Crippen LogP contribution in [0, 0.1) is 0 Å². The zero-order valence-corrected chi connectivity index (χ0v) is 6.70. The highest BCUT2D eigenvalue weighted by Gasteiger charge is 2.05. The van der Waals surface area contributed by atoms with Gasteiger partial charge in [-0.25, -0.2) is 4.79 Å². The summed E-state index contributed by atoms with van der Waals surface area (Å²) in [5.41, 5.74) is 0. The molecule has 56 valence electrons. The molecular weight excluding hydrogens is 165 g/mol. The summed E-state index contributed by atoms with van der Waals surface area (Å²) in [6.07, 6.45) is 0. The highest BCUT2D eigenvalue weighted by atomic mass is 35.5. The number of nitrogens with one attached hydrogen (secondary N) is 1. The molecule has 0 aromatic carbocycles. The summed E-state index contributed by atoms with van der Waals surface area (Å²) in [5, 5.41) is 10.5. The molecule has 0 heterocycles. The van der Waals surface area contributed by atoms with Crippen LogP contribution < -0.4 is 5.32 Å². The van der Waals surface area contributed by atoms with Gasteiger partial charge >= 0.3 is 5.97 Å². The Hall–Kier alpha value is 0.01000. The topological polar surface area (TPSA) is 49.3 Å². The second-order valence-electron chi connectivity index (χ2n) is 1.14. The van der Waals surface area contributed by atoms with Crippen LogP contribution in [-0.4, -0.2) is 30.0 Å². The van der Waals surface area contributed by atoms with Crippen molar-refractivity contribution in [2.45, 2.75) is 4.84 Å². The number of carboxylic acid groups (broad SMARTS) is 1. The quantitative estimate of drug-likeness (QED) is 0.575. The summed E-state index contributed by atoms with van der Waals surface area (Å²) in [5.74, 6) is -1.21. The number of carbonyl (C=O) groups is 1. The number of alkyl halides is 2. The van der Waals surface area contributed by atoms with Gasteiger partial charge in [-0.15, -0.1) is 0 Å². The number of hydrogen-bond donors (Lipinski definition) is 2. The van der Waals surface area contributed by atoms with Crippen LogP contribution in [0.5, 0.6) is 0 Å². The first-order valence-corrected chi connectivity index (χ1v) is 3.03. The molecule has 0 atom stereocenters. The van der Waals surface area contributed by atoms with Crippen molar-refractivity contribution in [2.24, 2.45) is 0 Å². The molecule has 0 radical (unpaired) electrons. The molecule has 0 rings (SSSR count). The first-order chi connectivity index (χ1) is 4.06. The van der Waals surface area contributed by atoms with E-state index in [2.05, 4.69) is 5.32 Å². The molecule has 2 N–H and O–H groups in total. The number of hydrogen-bond acceptors (Lipinski definition) is 2. The Kier molecular flexibility index (Phi) is 10.5. The van der Waals surface area contributed by atoms with Crippen molar-refractivity contribution in [3.63, 3.8) is 0 Å². The van der Waals surface area contributed by atoms with Gasteiger partial charge < -0.3 is 10.4 Å². The van der Waals surface area contributed by atoms with Gasteiger partial charge in [-0.05, 0) is 14.1 Å². The molecule has 0 saturated carbocycles. The molecule has 3 nitrogen and oxygen atoms in total. The Balaban J connectivity index is 0. The van der Waals surface area contributed by atoms with Gasteiger partial charge in [-0.2, -0.15) is 0 Å². The fourth-order valence-corrected chi connectivity index (χ4v) is 0. The number of aliphatic carboxylic acids is 1. The summed E-state index contributed by atoms with van der Waals surface area (Å²) < 4.78 is 0. The van der Waals surface area contributed by atoms with E-state index < -0.39 is 10.8 Å². The molecule has 0 spiro atoms. The van der Waals surface area contributed by atoms with Crippen molar-refractivity contribution >= 4 is 29.2 Å². The van der Waals surface area contributed by atoms with Crippen molar-refractivity contribution in [1.29, 1.82) is 0 Å². The van der Waals surface area contributed by atoms with Crippen LogP contribution in [-0.2, 0) is 4.79 Å². The van der Waals surface area contributed by atoms with Crippen LogP contribution in [0.4, 0.5) is 0 Å². The molecule has 5 heteroatoms. The third-order valence-corrected chi connectivity index (χ3v) is 0.560. The van der Waals surface area contributed by atoms with Crippen LogP contribution >= 0.6 is 23.2 Å². The molecule has 0 unspecified atom stereocenters. The Morgan fingerprint density at radius 3 is 1.67 bits per heavy atom. The van der Waals surface area contributed by atoms with E-state index in [0.29, 0.717) is 0 Å². The standard InChI is InChI=1S/C2H2Cl2O2.C2H7N/c3-1(4)2(5)6;1-3-2/h1H,(H,5,6);3H,1-2H3. The number of halogens is 2. The lowest BCUT2D eigenvalue weighted by Gasteiger charge is -1.84. The molecule has 0 aliphatic rings. The third-order valence-electron chi connectivity index (χ3n) is 0.187. The molecule has 0 aliphatic heterocycles. The highest BCUT2D eigenvalue weighted by Crippen LogP contribution is 1.98. The molecule has 0 fully saturated rings. The van der Waals surface area contributed by atoms with E-state index in [9.17, 15) is 4.79 Å². The summed E-state index contributed by atoms with van der Waals surface area (Å²) in [4.78, 5) is 8.15. The summed E-state index contributed by atoms with van der Waals surface area (Å²) in [6.45, 7) is 0. The first kappa shape index (κ1) is 11.8. The molecule has 9 heavy (non-hydrogen) atoms. The van der Waals surface area contributed by atoms with Gasteiger partial charge in [0.1, 0.15) is 0 Å². The number of carboxylic acids is 1. The van der Waals surface area contributed by atoms with E-state index in [1.165, 1.54) is 0 Å². The van der Waals surface area contributed by atoms with Gasteiger partial charge in [0.15, 0.2) is 0 Å². The second-order valence-corrected chi connectivity index (χ2v) is 2.24. The fraction of sp³-hybridized carbons (Fsp3) is 0.750. The van der Waals surface area contributed by atoms with E-state index in [0.717, 1.165) is 0 Å². The van der Waals surface area contributed by atoms with Crippen molar-refractivity contribution in [2.75, 3.05) is 14.1 Å². The van der Waals surface area contributed by atoms with Crippen LogP contribution in [0.2, 0.25) is 0 Å². The smallest absolute Gasteiger partial charge is 0.337 e. The summed E-state index contributed by atoms with van der Waals surface area (Å²) >= 11 is 9.56. The van der Waals surface area contributed by atoms with Gasteiger partial charge in [0.25, 0.3) is 0 Å². The molecule has 0 amide bonds. The third kappa shape index (κ3) is 18.0. The van der Waals surface area contributed by atoms with Gasteiger partial charge in [0.2, 0.25) is 4.84 Å². The van der Waals surface area contributed by atoms with Gasteiger partial charge in [-0.1, -0.05) is 23.2 Å². The van der Waals surface area contributed by atoms with Crippen LogP contribution in [0.1, 0.15) is 0 Å². The van der Waals surface area contributed by atoms with E-state index in [1.807, 2.05) is 14.1 Å². The molecule has 0 aromatic heterocycles. The maximum atomic E-state index is 9.44. The lowest BCUT2D eigenvalue weighted by atomic mass is 10.8. The monoisotopic (exact) mass is 173 g/mol. The van der Waals surface area contributed by atoms with Crippen LogP contribution in [0.3, 0.4) is 0 Å². The van der Waals surface area contributed by atoms with Gasteiger partial charge in [0, 0.05) is 0 Å².